The highest BCUT2D eigenvalue weighted by Crippen LogP contribution is 2.30. The highest BCUT2D eigenvalue weighted by atomic mass is 35.5. The second-order valence-electron chi connectivity index (χ2n) is 4.32. The molecule has 0 radical (unpaired) electrons. The fourth-order valence-corrected chi connectivity index (χ4v) is 2.35. The third-order valence-corrected chi connectivity index (χ3v) is 3.39. The summed E-state index contributed by atoms with van der Waals surface area (Å²) in [6.07, 6.45) is 0. The van der Waals surface area contributed by atoms with Crippen LogP contribution in [0.1, 0.15) is 5.69 Å². The van der Waals surface area contributed by atoms with Crippen molar-refractivity contribution >= 4 is 11.6 Å². The summed E-state index contributed by atoms with van der Waals surface area (Å²) in [5, 5.41) is 9.01. The van der Waals surface area contributed by atoms with Crippen LogP contribution < -0.4 is 5.73 Å². The van der Waals surface area contributed by atoms with Crippen LogP contribution in [-0.2, 0) is 6.54 Å². The molecular formula is C15H13ClN4. The molecule has 0 aliphatic rings. The Morgan fingerprint density at radius 2 is 1.70 bits per heavy atom. The summed E-state index contributed by atoms with van der Waals surface area (Å²) >= 11 is 6.29. The Morgan fingerprint density at radius 1 is 1.00 bits per heavy atom. The highest BCUT2D eigenvalue weighted by molar-refractivity contribution is 6.33. The van der Waals surface area contributed by atoms with Crippen molar-refractivity contribution in [3.05, 3.63) is 65.3 Å². The quantitative estimate of drug-likeness (QED) is 0.804. The Hall–Kier alpha value is -2.17. The molecule has 0 aliphatic carbocycles. The van der Waals surface area contributed by atoms with Crippen LogP contribution in [0.5, 0.6) is 0 Å². The number of nitrogens with two attached hydrogens (primary N) is 1. The fourth-order valence-electron chi connectivity index (χ4n) is 2.12. The largest absolute Gasteiger partial charge is 0.325 e. The van der Waals surface area contributed by atoms with Gasteiger partial charge in [0.15, 0.2) is 0 Å². The van der Waals surface area contributed by atoms with Crippen LogP contribution >= 0.6 is 11.6 Å². The summed E-state index contributed by atoms with van der Waals surface area (Å²) in [5.41, 5.74) is 9.14. The summed E-state index contributed by atoms with van der Waals surface area (Å²) in [6, 6.07) is 17.4. The zero-order valence-corrected chi connectivity index (χ0v) is 11.5. The van der Waals surface area contributed by atoms with Crippen molar-refractivity contribution in [2.75, 3.05) is 0 Å². The van der Waals surface area contributed by atoms with Gasteiger partial charge in [-0.1, -0.05) is 53.2 Å². The second-order valence-corrected chi connectivity index (χ2v) is 4.72. The van der Waals surface area contributed by atoms with Crippen molar-refractivity contribution in [3.63, 3.8) is 0 Å². The SMILES string of the molecule is NCc1nnn(-c2ccccc2)c1-c1ccccc1Cl. The van der Waals surface area contributed by atoms with Crippen molar-refractivity contribution in [1.82, 2.24) is 15.0 Å². The van der Waals surface area contributed by atoms with E-state index in [1.165, 1.54) is 0 Å². The minimum atomic E-state index is 0.313. The number of rotatable bonds is 3. The predicted molar refractivity (Wildman–Crippen MR) is 79.7 cm³/mol. The second kappa shape index (κ2) is 5.45. The van der Waals surface area contributed by atoms with Gasteiger partial charge in [0.2, 0.25) is 0 Å². The molecule has 1 heterocycles. The first-order valence-electron chi connectivity index (χ1n) is 6.26. The molecule has 0 spiro atoms. The van der Waals surface area contributed by atoms with Gasteiger partial charge in [-0.15, -0.1) is 5.10 Å². The zero-order chi connectivity index (χ0) is 13.9. The van der Waals surface area contributed by atoms with Gasteiger partial charge >= 0.3 is 0 Å². The maximum absolute atomic E-state index is 6.29. The number of hydrogen-bond donors (Lipinski definition) is 1. The minimum Gasteiger partial charge on any atom is -0.325 e. The molecule has 0 saturated carbocycles. The van der Waals surface area contributed by atoms with E-state index in [1.54, 1.807) is 4.68 Å². The summed E-state index contributed by atoms with van der Waals surface area (Å²) in [4.78, 5) is 0. The number of para-hydroxylation sites is 1. The lowest BCUT2D eigenvalue weighted by Crippen LogP contribution is -2.02. The van der Waals surface area contributed by atoms with Crippen molar-refractivity contribution in [1.29, 1.82) is 0 Å². The maximum Gasteiger partial charge on any atom is 0.105 e. The molecule has 1 aromatic heterocycles. The van der Waals surface area contributed by atoms with E-state index in [-0.39, 0.29) is 0 Å². The van der Waals surface area contributed by atoms with E-state index < -0.39 is 0 Å². The van der Waals surface area contributed by atoms with Crippen LogP contribution in [0.2, 0.25) is 5.02 Å². The van der Waals surface area contributed by atoms with E-state index in [1.807, 2.05) is 54.6 Å². The molecule has 0 unspecified atom stereocenters. The third kappa shape index (κ3) is 2.19. The van der Waals surface area contributed by atoms with Gasteiger partial charge in [-0.25, -0.2) is 4.68 Å². The van der Waals surface area contributed by atoms with Crippen LogP contribution in [-0.4, -0.2) is 15.0 Å². The molecule has 0 atom stereocenters. The number of aromatic nitrogens is 3. The smallest absolute Gasteiger partial charge is 0.105 e. The van der Waals surface area contributed by atoms with Gasteiger partial charge in [0, 0.05) is 12.1 Å². The molecule has 0 fully saturated rings. The molecule has 3 rings (SSSR count). The Morgan fingerprint density at radius 3 is 2.40 bits per heavy atom. The van der Waals surface area contributed by atoms with Gasteiger partial charge < -0.3 is 5.73 Å². The van der Waals surface area contributed by atoms with Gasteiger partial charge in [0.25, 0.3) is 0 Å². The van der Waals surface area contributed by atoms with Gasteiger partial charge in [-0.05, 0) is 18.2 Å². The maximum atomic E-state index is 6.29. The molecule has 0 amide bonds. The van der Waals surface area contributed by atoms with Gasteiger partial charge in [0.1, 0.15) is 11.4 Å². The first-order chi connectivity index (χ1) is 9.81. The van der Waals surface area contributed by atoms with Crippen molar-refractivity contribution in [3.8, 4) is 16.9 Å². The summed E-state index contributed by atoms with van der Waals surface area (Å²) < 4.78 is 1.77. The van der Waals surface area contributed by atoms with Crippen LogP contribution in [0.25, 0.3) is 16.9 Å². The topological polar surface area (TPSA) is 56.7 Å². The average Bonchev–Trinajstić information content (AvgIpc) is 2.92. The number of benzene rings is 2. The molecule has 2 aromatic carbocycles. The Bertz CT molecular complexity index is 722. The molecule has 0 saturated heterocycles. The van der Waals surface area contributed by atoms with E-state index in [4.69, 9.17) is 17.3 Å². The van der Waals surface area contributed by atoms with E-state index in [9.17, 15) is 0 Å². The molecule has 100 valence electrons. The lowest BCUT2D eigenvalue weighted by Gasteiger charge is -2.09. The number of nitrogens with zero attached hydrogens (tertiary/aromatic N) is 3. The monoisotopic (exact) mass is 284 g/mol. The molecule has 5 heteroatoms. The zero-order valence-electron chi connectivity index (χ0n) is 10.7. The molecule has 2 N–H and O–H groups in total. The van der Waals surface area contributed by atoms with Crippen LogP contribution in [0, 0.1) is 0 Å². The third-order valence-electron chi connectivity index (χ3n) is 3.06. The van der Waals surface area contributed by atoms with Gasteiger partial charge in [-0.3, -0.25) is 0 Å². The van der Waals surface area contributed by atoms with Crippen molar-refractivity contribution in [2.24, 2.45) is 5.73 Å². The van der Waals surface area contributed by atoms with Crippen molar-refractivity contribution < 1.29 is 0 Å². The lowest BCUT2D eigenvalue weighted by molar-refractivity contribution is 0.800. The van der Waals surface area contributed by atoms with E-state index in [0.29, 0.717) is 11.6 Å². The van der Waals surface area contributed by atoms with Gasteiger partial charge in [-0.2, -0.15) is 0 Å². The van der Waals surface area contributed by atoms with E-state index in [0.717, 1.165) is 22.6 Å². The molecule has 0 aliphatic heterocycles. The first kappa shape index (κ1) is 12.8. The van der Waals surface area contributed by atoms with E-state index in [2.05, 4.69) is 10.3 Å². The summed E-state index contributed by atoms with van der Waals surface area (Å²) in [6.45, 7) is 0.313. The van der Waals surface area contributed by atoms with Crippen LogP contribution in [0.15, 0.2) is 54.6 Å². The predicted octanol–water partition coefficient (Wildman–Crippen LogP) is 3.05. The van der Waals surface area contributed by atoms with Gasteiger partial charge in [0.05, 0.1) is 10.7 Å². The standard InChI is InChI=1S/C15H13ClN4/c16-13-9-5-4-8-12(13)15-14(10-17)18-19-20(15)11-6-2-1-3-7-11/h1-9H,10,17H2. The number of halogens is 1. The minimum absolute atomic E-state index is 0.313. The summed E-state index contributed by atoms with van der Waals surface area (Å²) in [7, 11) is 0. The van der Waals surface area contributed by atoms with Crippen LogP contribution in [0.4, 0.5) is 0 Å². The fraction of sp³-hybridized carbons (Fsp3) is 0.0667. The Balaban J connectivity index is 2.24. The van der Waals surface area contributed by atoms with Crippen LogP contribution in [0.3, 0.4) is 0 Å². The molecule has 3 aromatic rings. The Kier molecular flexibility index (Phi) is 3.50. The molecule has 0 bridgehead atoms. The first-order valence-corrected chi connectivity index (χ1v) is 6.64. The molecule has 4 nitrogen and oxygen atoms in total. The summed E-state index contributed by atoms with van der Waals surface area (Å²) in [5.74, 6) is 0. The molecular weight excluding hydrogens is 272 g/mol. The normalized spacial score (nSPS) is 10.7. The van der Waals surface area contributed by atoms with Crippen molar-refractivity contribution in [2.45, 2.75) is 6.54 Å². The van der Waals surface area contributed by atoms with E-state index >= 15 is 0 Å². The average molecular weight is 285 g/mol. The lowest BCUT2D eigenvalue weighted by atomic mass is 10.1. The highest BCUT2D eigenvalue weighted by Gasteiger charge is 2.17. The number of hydrogen-bond acceptors (Lipinski definition) is 3. The Labute approximate surface area is 121 Å². The molecule has 20 heavy (non-hydrogen) atoms.